The number of aryl methyl sites for hydroxylation is 1. The largest absolute Gasteiger partial charge is 0.367 e. The fraction of sp³-hybridized carbons (Fsp3) is 0.273. The molecular weight excluding hydrogens is 396 g/mol. The van der Waals surface area contributed by atoms with Crippen LogP contribution < -0.4 is 16.2 Å². The van der Waals surface area contributed by atoms with Crippen molar-refractivity contribution in [1.29, 1.82) is 0 Å². The molecule has 152 valence electrons. The summed E-state index contributed by atoms with van der Waals surface area (Å²) in [5.74, 6) is 0.828. The first-order valence-corrected chi connectivity index (χ1v) is 10.9. The van der Waals surface area contributed by atoms with Crippen LogP contribution in [0.5, 0.6) is 0 Å². The lowest BCUT2D eigenvalue weighted by Crippen LogP contribution is -2.21. The molecule has 1 aliphatic rings. The van der Waals surface area contributed by atoms with Gasteiger partial charge < -0.3 is 10.6 Å². The second kappa shape index (κ2) is 7.87. The molecule has 1 saturated carbocycles. The predicted octanol–water partition coefficient (Wildman–Crippen LogP) is 3.99. The van der Waals surface area contributed by atoms with E-state index < -0.39 is 0 Å². The molecule has 4 heterocycles. The van der Waals surface area contributed by atoms with Gasteiger partial charge in [0.05, 0.1) is 11.9 Å². The number of pyridine rings is 3. The number of hydrogen-bond donors (Lipinski definition) is 2. The first-order chi connectivity index (χ1) is 14.7. The summed E-state index contributed by atoms with van der Waals surface area (Å²) >= 11 is 1.60. The zero-order chi connectivity index (χ0) is 20.5. The van der Waals surface area contributed by atoms with Gasteiger partial charge in [0.15, 0.2) is 5.13 Å². The van der Waals surface area contributed by atoms with Crippen molar-refractivity contribution in [3.63, 3.8) is 0 Å². The standard InChI is InChI=1S/C22H22N6OS/c1-14-4-3-11-28(21(14)29)17-8-9-19(24-13-17)25-15-6-7-16(12-15)26-22-27-18-5-2-10-23-20(18)30-22/h2-5,8-11,13,15-16H,6-7,12H2,1H3,(H,24,25)(H,26,27)/t15-,16-/m0/s1. The number of thiazole rings is 1. The molecule has 5 rings (SSSR count). The molecule has 0 amide bonds. The molecule has 2 atom stereocenters. The molecule has 0 radical (unpaired) electrons. The molecule has 0 saturated heterocycles. The van der Waals surface area contributed by atoms with E-state index in [0.717, 1.165) is 46.2 Å². The number of hydrogen-bond acceptors (Lipinski definition) is 7. The molecule has 4 aromatic heterocycles. The van der Waals surface area contributed by atoms with Crippen molar-refractivity contribution in [2.24, 2.45) is 0 Å². The summed E-state index contributed by atoms with van der Waals surface area (Å²) in [5.41, 5.74) is 2.40. The van der Waals surface area contributed by atoms with Crippen molar-refractivity contribution >= 4 is 32.6 Å². The Balaban J connectivity index is 1.21. The highest BCUT2D eigenvalue weighted by Gasteiger charge is 2.25. The van der Waals surface area contributed by atoms with Crippen LogP contribution in [0.2, 0.25) is 0 Å². The van der Waals surface area contributed by atoms with Crippen molar-refractivity contribution in [1.82, 2.24) is 19.5 Å². The summed E-state index contributed by atoms with van der Waals surface area (Å²) in [5, 5.41) is 8.01. The summed E-state index contributed by atoms with van der Waals surface area (Å²) in [6, 6.07) is 12.2. The van der Waals surface area contributed by atoms with E-state index in [9.17, 15) is 4.79 Å². The minimum absolute atomic E-state index is 0.0187. The zero-order valence-corrected chi connectivity index (χ0v) is 17.4. The summed E-state index contributed by atoms with van der Waals surface area (Å²) in [6.07, 6.45) is 8.46. The van der Waals surface area contributed by atoms with Gasteiger partial charge in [-0.05, 0) is 56.5 Å². The molecule has 2 N–H and O–H groups in total. The number of nitrogens with one attached hydrogen (secondary N) is 2. The van der Waals surface area contributed by atoms with E-state index in [1.807, 2.05) is 43.3 Å². The maximum absolute atomic E-state index is 12.3. The van der Waals surface area contributed by atoms with Gasteiger partial charge in [-0.3, -0.25) is 9.36 Å². The SMILES string of the molecule is Cc1cccn(-c2ccc(N[C@H]3CC[C@H](Nc4nc5cccnc5s4)C3)nc2)c1=O. The summed E-state index contributed by atoms with van der Waals surface area (Å²) < 4.78 is 1.62. The second-order valence-electron chi connectivity index (χ2n) is 7.61. The molecule has 1 aliphatic carbocycles. The van der Waals surface area contributed by atoms with E-state index in [2.05, 4.69) is 25.6 Å². The lowest BCUT2D eigenvalue weighted by molar-refractivity contribution is 0.722. The first kappa shape index (κ1) is 18.7. The van der Waals surface area contributed by atoms with Gasteiger partial charge in [-0.25, -0.2) is 15.0 Å². The fourth-order valence-corrected chi connectivity index (χ4v) is 4.76. The predicted molar refractivity (Wildman–Crippen MR) is 121 cm³/mol. The van der Waals surface area contributed by atoms with E-state index >= 15 is 0 Å². The first-order valence-electron chi connectivity index (χ1n) is 10.0. The van der Waals surface area contributed by atoms with Gasteiger partial charge in [-0.1, -0.05) is 17.4 Å². The zero-order valence-electron chi connectivity index (χ0n) is 16.6. The molecular formula is C22H22N6OS. The van der Waals surface area contributed by atoms with Crippen molar-refractivity contribution in [3.05, 3.63) is 70.9 Å². The normalized spacial score (nSPS) is 18.6. The van der Waals surface area contributed by atoms with Gasteiger partial charge in [0, 0.05) is 30.0 Å². The topological polar surface area (TPSA) is 84.7 Å². The number of rotatable bonds is 5. The molecule has 0 spiro atoms. The average molecular weight is 419 g/mol. The highest BCUT2D eigenvalue weighted by Crippen LogP contribution is 2.29. The third-order valence-corrected chi connectivity index (χ3v) is 6.35. The van der Waals surface area contributed by atoms with E-state index in [4.69, 9.17) is 0 Å². The molecule has 7 nitrogen and oxygen atoms in total. The lowest BCUT2D eigenvalue weighted by atomic mass is 10.2. The highest BCUT2D eigenvalue weighted by atomic mass is 32.1. The Morgan fingerprint density at radius 1 is 1.07 bits per heavy atom. The molecule has 0 bridgehead atoms. The lowest BCUT2D eigenvalue weighted by Gasteiger charge is -2.15. The Labute approximate surface area is 177 Å². The van der Waals surface area contributed by atoms with Crippen molar-refractivity contribution in [3.8, 4) is 5.69 Å². The Bertz CT molecular complexity index is 1200. The van der Waals surface area contributed by atoms with Crippen LogP contribution in [0.4, 0.5) is 10.9 Å². The summed E-state index contributed by atoms with van der Waals surface area (Å²) in [4.78, 5) is 26.7. The van der Waals surface area contributed by atoms with Gasteiger partial charge >= 0.3 is 0 Å². The Morgan fingerprint density at radius 2 is 1.93 bits per heavy atom. The van der Waals surface area contributed by atoms with Gasteiger partial charge in [-0.15, -0.1) is 0 Å². The average Bonchev–Trinajstić information content (AvgIpc) is 3.37. The van der Waals surface area contributed by atoms with E-state index in [-0.39, 0.29) is 5.56 Å². The summed E-state index contributed by atoms with van der Waals surface area (Å²) in [6.45, 7) is 1.82. The third-order valence-electron chi connectivity index (χ3n) is 5.44. The molecule has 30 heavy (non-hydrogen) atoms. The maximum Gasteiger partial charge on any atom is 0.258 e. The van der Waals surface area contributed by atoms with Crippen molar-refractivity contribution in [2.45, 2.75) is 38.3 Å². The van der Waals surface area contributed by atoms with Gasteiger partial charge in [0.2, 0.25) is 0 Å². The maximum atomic E-state index is 12.3. The number of nitrogens with zero attached hydrogens (tertiary/aromatic N) is 4. The van der Waals surface area contributed by atoms with Crippen LogP contribution in [0.3, 0.4) is 0 Å². The summed E-state index contributed by atoms with van der Waals surface area (Å²) in [7, 11) is 0. The van der Waals surface area contributed by atoms with Gasteiger partial charge in [0.25, 0.3) is 5.56 Å². The van der Waals surface area contributed by atoms with Crippen LogP contribution in [0.15, 0.2) is 59.8 Å². The van der Waals surface area contributed by atoms with Crippen molar-refractivity contribution < 1.29 is 0 Å². The minimum Gasteiger partial charge on any atom is -0.367 e. The Kier molecular flexibility index (Phi) is 4.92. The molecule has 0 aromatic carbocycles. The van der Waals surface area contributed by atoms with Crippen LogP contribution in [0, 0.1) is 6.92 Å². The molecule has 0 unspecified atom stereocenters. The van der Waals surface area contributed by atoms with Gasteiger partial charge in [-0.2, -0.15) is 0 Å². The molecule has 1 fully saturated rings. The van der Waals surface area contributed by atoms with Crippen LogP contribution >= 0.6 is 11.3 Å². The molecule has 0 aliphatic heterocycles. The quantitative estimate of drug-likeness (QED) is 0.510. The Hall–Kier alpha value is -3.26. The van der Waals surface area contributed by atoms with Gasteiger partial charge in [0.1, 0.15) is 16.2 Å². The number of aromatic nitrogens is 4. The van der Waals surface area contributed by atoms with Crippen LogP contribution in [-0.2, 0) is 0 Å². The van der Waals surface area contributed by atoms with E-state index in [0.29, 0.717) is 17.6 Å². The van der Waals surface area contributed by atoms with Crippen LogP contribution in [0.1, 0.15) is 24.8 Å². The van der Waals surface area contributed by atoms with Crippen LogP contribution in [-0.4, -0.2) is 31.6 Å². The smallest absolute Gasteiger partial charge is 0.258 e. The fourth-order valence-electron chi connectivity index (χ4n) is 3.88. The van der Waals surface area contributed by atoms with Crippen molar-refractivity contribution in [2.75, 3.05) is 10.6 Å². The highest BCUT2D eigenvalue weighted by molar-refractivity contribution is 7.21. The van der Waals surface area contributed by atoms with Crippen LogP contribution in [0.25, 0.3) is 16.0 Å². The minimum atomic E-state index is -0.0187. The Morgan fingerprint density at radius 3 is 2.73 bits per heavy atom. The monoisotopic (exact) mass is 418 g/mol. The second-order valence-corrected chi connectivity index (χ2v) is 8.59. The molecule has 8 heteroatoms. The number of fused-ring (bicyclic) bond motifs is 1. The van der Waals surface area contributed by atoms with E-state index in [1.165, 1.54) is 0 Å². The number of anilines is 2. The third kappa shape index (κ3) is 3.78. The van der Waals surface area contributed by atoms with E-state index in [1.54, 1.807) is 34.5 Å². The molecule has 4 aromatic rings.